The highest BCUT2D eigenvalue weighted by Gasteiger charge is 2.07. The Morgan fingerprint density at radius 1 is 1.44 bits per heavy atom. The number of carbonyl (C=O) groups is 1. The molecule has 2 aromatic rings. The summed E-state index contributed by atoms with van der Waals surface area (Å²) in [5, 5.41) is 5.13. The predicted molar refractivity (Wildman–Crippen MR) is 65.3 cm³/mol. The highest BCUT2D eigenvalue weighted by atomic mass is 32.1. The summed E-state index contributed by atoms with van der Waals surface area (Å²) in [5.41, 5.74) is 7.22. The second-order valence-electron chi connectivity index (χ2n) is 3.26. The van der Waals surface area contributed by atoms with Crippen LogP contribution in [-0.4, -0.2) is 10.9 Å². The Morgan fingerprint density at radius 3 is 2.94 bits per heavy atom. The highest BCUT2D eigenvalue weighted by Crippen LogP contribution is 2.14. The number of para-hydroxylation sites is 1. The topological polar surface area (TPSA) is 68.0 Å². The molecule has 0 aliphatic heterocycles. The van der Waals surface area contributed by atoms with Gasteiger partial charge >= 0.3 is 0 Å². The molecular weight excluding hydrogens is 222 g/mol. The van der Waals surface area contributed by atoms with Crippen LogP contribution in [0.3, 0.4) is 0 Å². The van der Waals surface area contributed by atoms with Crippen LogP contribution in [0.5, 0.6) is 0 Å². The zero-order chi connectivity index (χ0) is 11.4. The Hall–Kier alpha value is -1.88. The first-order valence-electron chi connectivity index (χ1n) is 4.78. The lowest BCUT2D eigenvalue weighted by Crippen LogP contribution is -2.15. The molecule has 0 bridgehead atoms. The monoisotopic (exact) mass is 233 g/mol. The van der Waals surface area contributed by atoms with E-state index in [2.05, 4.69) is 10.3 Å². The van der Waals surface area contributed by atoms with Crippen LogP contribution in [0, 0.1) is 0 Å². The Kier molecular flexibility index (Phi) is 3.16. The van der Waals surface area contributed by atoms with E-state index in [1.54, 1.807) is 12.3 Å². The van der Waals surface area contributed by atoms with Crippen LogP contribution in [0.15, 0.2) is 35.8 Å². The number of nitrogens with one attached hydrogen (secondary N) is 1. The fraction of sp³-hybridized carbons (Fsp3) is 0.0909. The van der Waals surface area contributed by atoms with E-state index in [0.717, 1.165) is 5.56 Å². The molecule has 0 radical (unpaired) electrons. The lowest BCUT2D eigenvalue weighted by molar-refractivity contribution is -0.115. The first kappa shape index (κ1) is 10.6. The number of aromatic nitrogens is 1. The molecule has 0 aliphatic rings. The minimum Gasteiger partial charge on any atom is -0.398 e. The Balaban J connectivity index is 2.00. The third kappa shape index (κ3) is 2.58. The van der Waals surface area contributed by atoms with E-state index < -0.39 is 0 Å². The van der Waals surface area contributed by atoms with E-state index >= 15 is 0 Å². The van der Waals surface area contributed by atoms with Crippen molar-refractivity contribution in [3.8, 4) is 0 Å². The molecule has 1 aromatic carbocycles. The van der Waals surface area contributed by atoms with Crippen molar-refractivity contribution in [1.82, 2.24) is 4.98 Å². The molecule has 0 saturated heterocycles. The molecule has 0 fully saturated rings. The van der Waals surface area contributed by atoms with Gasteiger partial charge < -0.3 is 11.1 Å². The molecule has 0 spiro atoms. The van der Waals surface area contributed by atoms with Crippen LogP contribution in [-0.2, 0) is 11.2 Å². The maximum atomic E-state index is 11.6. The maximum Gasteiger partial charge on any atom is 0.230 e. The Bertz CT molecular complexity index is 482. The van der Waals surface area contributed by atoms with Crippen LogP contribution in [0.1, 0.15) is 5.56 Å². The van der Waals surface area contributed by atoms with Crippen LogP contribution in [0.25, 0.3) is 0 Å². The van der Waals surface area contributed by atoms with Gasteiger partial charge in [-0.05, 0) is 11.6 Å². The lowest BCUT2D eigenvalue weighted by Gasteiger charge is -2.04. The SMILES string of the molecule is Nc1ccccc1CC(=O)Nc1nccs1. The number of rotatable bonds is 3. The molecule has 0 unspecified atom stereocenters. The van der Waals surface area contributed by atoms with Gasteiger partial charge in [0.1, 0.15) is 0 Å². The van der Waals surface area contributed by atoms with Gasteiger partial charge in [-0.1, -0.05) is 18.2 Å². The Labute approximate surface area is 97.1 Å². The largest absolute Gasteiger partial charge is 0.398 e. The number of anilines is 2. The van der Waals surface area contributed by atoms with Gasteiger partial charge in [0.25, 0.3) is 0 Å². The highest BCUT2D eigenvalue weighted by molar-refractivity contribution is 7.13. The average Bonchev–Trinajstić information content (AvgIpc) is 2.74. The molecule has 2 rings (SSSR count). The number of hydrogen-bond donors (Lipinski definition) is 2. The number of nitrogens with two attached hydrogens (primary N) is 1. The van der Waals surface area contributed by atoms with Crippen molar-refractivity contribution in [1.29, 1.82) is 0 Å². The van der Waals surface area contributed by atoms with E-state index in [-0.39, 0.29) is 12.3 Å². The fourth-order valence-corrected chi connectivity index (χ4v) is 1.86. The van der Waals surface area contributed by atoms with Gasteiger partial charge in [-0.3, -0.25) is 4.79 Å². The van der Waals surface area contributed by atoms with Gasteiger partial charge in [0.2, 0.25) is 5.91 Å². The molecule has 5 heteroatoms. The first-order chi connectivity index (χ1) is 7.75. The second-order valence-corrected chi connectivity index (χ2v) is 4.16. The van der Waals surface area contributed by atoms with E-state index in [1.807, 2.05) is 23.6 Å². The van der Waals surface area contributed by atoms with Crippen LogP contribution >= 0.6 is 11.3 Å². The van der Waals surface area contributed by atoms with Crippen molar-refractivity contribution in [2.24, 2.45) is 0 Å². The van der Waals surface area contributed by atoms with Crippen molar-refractivity contribution in [3.05, 3.63) is 41.4 Å². The molecule has 1 heterocycles. The molecule has 1 amide bonds. The van der Waals surface area contributed by atoms with Gasteiger partial charge in [-0.2, -0.15) is 0 Å². The number of nitrogens with zero attached hydrogens (tertiary/aromatic N) is 1. The third-order valence-electron chi connectivity index (χ3n) is 2.08. The number of carbonyl (C=O) groups excluding carboxylic acids is 1. The van der Waals surface area contributed by atoms with Gasteiger partial charge in [-0.15, -0.1) is 11.3 Å². The summed E-state index contributed by atoms with van der Waals surface area (Å²) < 4.78 is 0. The number of hydrogen-bond acceptors (Lipinski definition) is 4. The zero-order valence-corrected chi connectivity index (χ0v) is 9.33. The van der Waals surface area contributed by atoms with Crippen molar-refractivity contribution in [3.63, 3.8) is 0 Å². The van der Waals surface area contributed by atoms with Crippen molar-refractivity contribution in [2.45, 2.75) is 6.42 Å². The number of benzene rings is 1. The fourth-order valence-electron chi connectivity index (χ4n) is 1.32. The molecule has 4 nitrogen and oxygen atoms in total. The number of amides is 1. The van der Waals surface area contributed by atoms with Crippen molar-refractivity contribution >= 4 is 28.1 Å². The summed E-state index contributed by atoms with van der Waals surface area (Å²) in [6.45, 7) is 0. The van der Waals surface area contributed by atoms with Crippen LogP contribution in [0.2, 0.25) is 0 Å². The van der Waals surface area contributed by atoms with E-state index in [0.29, 0.717) is 10.8 Å². The minimum atomic E-state index is -0.104. The molecule has 3 N–H and O–H groups in total. The third-order valence-corrected chi connectivity index (χ3v) is 2.77. The van der Waals surface area contributed by atoms with E-state index in [9.17, 15) is 4.79 Å². The first-order valence-corrected chi connectivity index (χ1v) is 5.66. The molecule has 0 aliphatic carbocycles. The lowest BCUT2D eigenvalue weighted by atomic mass is 10.1. The van der Waals surface area contributed by atoms with Gasteiger partial charge in [0.15, 0.2) is 5.13 Å². The summed E-state index contributed by atoms with van der Waals surface area (Å²) in [4.78, 5) is 15.6. The summed E-state index contributed by atoms with van der Waals surface area (Å²) in [6, 6.07) is 7.34. The van der Waals surface area contributed by atoms with Crippen LogP contribution in [0.4, 0.5) is 10.8 Å². The quantitative estimate of drug-likeness (QED) is 0.796. The van der Waals surface area contributed by atoms with Crippen molar-refractivity contribution in [2.75, 3.05) is 11.1 Å². The average molecular weight is 233 g/mol. The smallest absolute Gasteiger partial charge is 0.230 e. The molecular formula is C11H11N3OS. The minimum absolute atomic E-state index is 0.104. The summed E-state index contributed by atoms with van der Waals surface area (Å²) in [6.07, 6.45) is 1.92. The number of thiazole rings is 1. The standard InChI is InChI=1S/C11H11N3OS/c12-9-4-2-1-3-8(9)7-10(15)14-11-13-5-6-16-11/h1-6H,7,12H2,(H,13,14,15). The summed E-state index contributed by atoms with van der Waals surface area (Å²) in [7, 11) is 0. The van der Waals surface area contributed by atoms with E-state index in [4.69, 9.17) is 5.73 Å². The molecule has 0 saturated carbocycles. The maximum absolute atomic E-state index is 11.6. The van der Waals surface area contributed by atoms with Gasteiger partial charge in [0.05, 0.1) is 6.42 Å². The van der Waals surface area contributed by atoms with Gasteiger partial charge in [0, 0.05) is 17.3 Å². The molecule has 0 atom stereocenters. The zero-order valence-electron chi connectivity index (χ0n) is 8.51. The van der Waals surface area contributed by atoms with Gasteiger partial charge in [-0.25, -0.2) is 4.98 Å². The predicted octanol–water partition coefficient (Wildman–Crippen LogP) is 1.91. The number of nitrogen functional groups attached to an aromatic ring is 1. The molecule has 82 valence electrons. The molecule has 1 aromatic heterocycles. The van der Waals surface area contributed by atoms with E-state index in [1.165, 1.54) is 11.3 Å². The van der Waals surface area contributed by atoms with Crippen LogP contribution < -0.4 is 11.1 Å². The normalized spacial score (nSPS) is 10.0. The van der Waals surface area contributed by atoms with Crippen molar-refractivity contribution < 1.29 is 4.79 Å². The Morgan fingerprint density at radius 2 is 2.25 bits per heavy atom. The molecule has 16 heavy (non-hydrogen) atoms. The second kappa shape index (κ2) is 4.76. The summed E-state index contributed by atoms with van der Waals surface area (Å²) in [5.74, 6) is -0.104. The summed E-state index contributed by atoms with van der Waals surface area (Å²) >= 11 is 1.39.